The fourth-order valence-electron chi connectivity index (χ4n) is 3.43. The van der Waals surface area contributed by atoms with Crippen molar-refractivity contribution in [2.45, 2.75) is 33.6 Å². The van der Waals surface area contributed by atoms with E-state index in [9.17, 15) is 9.59 Å². The molecule has 0 radical (unpaired) electrons. The lowest BCUT2D eigenvalue weighted by atomic mass is 9.81. The van der Waals surface area contributed by atoms with Gasteiger partial charge in [0, 0.05) is 14.1 Å². The number of rotatable bonds is 7. The van der Waals surface area contributed by atoms with E-state index in [4.69, 9.17) is 9.47 Å². The summed E-state index contributed by atoms with van der Waals surface area (Å²) in [5.74, 6) is -1.00. The van der Waals surface area contributed by atoms with E-state index in [0.717, 1.165) is 5.56 Å². The summed E-state index contributed by atoms with van der Waals surface area (Å²) >= 11 is 0. The Kier molecular flexibility index (Phi) is 7.59. The summed E-state index contributed by atoms with van der Waals surface area (Å²) in [5, 5.41) is 5.08. The fraction of sp³-hybridized carbons (Fsp3) is 0.409. The lowest BCUT2D eigenvalue weighted by Gasteiger charge is -2.29. The van der Waals surface area contributed by atoms with Crippen LogP contribution in [0.3, 0.4) is 0 Å². The summed E-state index contributed by atoms with van der Waals surface area (Å²) in [6.07, 6.45) is 1.84. The van der Waals surface area contributed by atoms with Crippen molar-refractivity contribution in [3.63, 3.8) is 0 Å². The average Bonchev–Trinajstić information content (AvgIpc) is 2.68. The normalized spacial score (nSPS) is 17.0. The highest BCUT2D eigenvalue weighted by molar-refractivity contribution is 5.99. The van der Waals surface area contributed by atoms with Gasteiger partial charge in [-0.2, -0.15) is 0 Å². The van der Waals surface area contributed by atoms with E-state index in [0.29, 0.717) is 22.7 Å². The highest BCUT2D eigenvalue weighted by atomic mass is 16.5. The van der Waals surface area contributed by atoms with Crippen molar-refractivity contribution < 1.29 is 23.7 Å². The number of nitrogens with zero attached hydrogens (tertiary/aromatic N) is 2. The Morgan fingerprint density at radius 3 is 2.10 bits per heavy atom. The Hall–Kier alpha value is -3.09. The van der Waals surface area contributed by atoms with Crippen molar-refractivity contribution in [1.29, 1.82) is 0 Å². The van der Waals surface area contributed by atoms with Gasteiger partial charge in [0.15, 0.2) is 0 Å². The second-order valence-electron chi connectivity index (χ2n) is 6.66. The molecule has 7 heteroatoms. The predicted molar refractivity (Wildman–Crippen MR) is 111 cm³/mol. The van der Waals surface area contributed by atoms with Crippen LogP contribution in [-0.4, -0.2) is 55.2 Å². The summed E-state index contributed by atoms with van der Waals surface area (Å²) in [5.41, 5.74) is 2.21. The molecular formula is C22H30N3O4+. The molecule has 7 nitrogen and oxygen atoms in total. The van der Waals surface area contributed by atoms with Crippen molar-refractivity contribution >= 4 is 18.2 Å². The summed E-state index contributed by atoms with van der Waals surface area (Å²) in [6, 6.07) is 9.46. The third-order valence-electron chi connectivity index (χ3n) is 4.57. The van der Waals surface area contributed by atoms with Gasteiger partial charge in [0.25, 0.3) is 0 Å². The summed E-state index contributed by atoms with van der Waals surface area (Å²) in [4.78, 5) is 26.0. The van der Waals surface area contributed by atoms with E-state index in [1.165, 1.54) is 0 Å². The van der Waals surface area contributed by atoms with Gasteiger partial charge in [-0.05, 0) is 33.3 Å². The summed E-state index contributed by atoms with van der Waals surface area (Å²) < 4.78 is 12.5. The standard InChI is InChI=1S/C22H29N3O4/c1-7-25(24(5)6)20-19(22(27)29-9-3)18(16-13-11-10-12-14-16)17(15(4)23-20)21(26)28-8-2/h7,10-14,18H,8-9H2,1-6H3/p+1. The lowest BCUT2D eigenvalue weighted by molar-refractivity contribution is -0.639. The zero-order valence-electron chi connectivity index (χ0n) is 18.0. The van der Waals surface area contributed by atoms with Crippen LogP contribution in [0, 0.1) is 0 Å². The number of carbonyl (C=O) groups excluding carboxylic acids is 2. The van der Waals surface area contributed by atoms with E-state index < -0.39 is 17.9 Å². The number of hydrogen-bond donors (Lipinski definition) is 1. The molecule has 0 spiro atoms. The minimum Gasteiger partial charge on any atom is -0.462 e. The minimum absolute atomic E-state index is 0.229. The molecule has 0 aliphatic carbocycles. The fourth-order valence-corrected chi connectivity index (χ4v) is 3.43. The number of allylic oxidation sites excluding steroid dienone is 1. The molecule has 156 valence electrons. The Labute approximate surface area is 172 Å². The predicted octanol–water partition coefficient (Wildman–Crippen LogP) is 2.57. The third-order valence-corrected chi connectivity index (χ3v) is 4.57. The number of dihydropyridines is 1. The minimum atomic E-state index is -0.618. The van der Waals surface area contributed by atoms with Crippen molar-refractivity contribution in [2.24, 2.45) is 0 Å². The number of benzene rings is 1. The maximum absolute atomic E-state index is 13.1. The van der Waals surface area contributed by atoms with Crippen molar-refractivity contribution in [3.8, 4) is 0 Å². The van der Waals surface area contributed by atoms with Crippen LogP contribution in [0.15, 0.2) is 53.0 Å². The molecule has 1 aromatic rings. The van der Waals surface area contributed by atoms with Gasteiger partial charge in [-0.1, -0.05) is 30.3 Å². The summed E-state index contributed by atoms with van der Waals surface area (Å²) in [6.45, 7) is 7.67. The first-order valence-corrected chi connectivity index (χ1v) is 9.74. The molecule has 1 aliphatic rings. The molecular weight excluding hydrogens is 370 g/mol. The molecule has 0 saturated carbocycles. The number of nitrogens with one attached hydrogen (secondary N) is 1. The van der Waals surface area contributed by atoms with Crippen LogP contribution in [0.1, 0.15) is 39.2 Å². The molecule has 29 heavy (non-hydrogen) atoms. The quantitative estimate of drug-likeness (QED) is 0.328. The molecule has 2 rings (SSSR count). The number of esters is 2. The Morgan fingerprint density at radius 2 is 1.62 bits per heavy atom. The molecule has 1 aromatic carbocycles. The van der Waals surface area contributed by atoms with Gasteiger partial charge >= 0.3 is 17.8 Å². The molecule has 1 heterocycles. The Morgan fingerprint density at radius 1 is 1.07 bits per heavy atom. The molecule has 0 saturated heterocycles. The van der Waals surface area contributed by atoms with E-state index in [1.807, 2.05) is 74.2 Å². The number of hydrazine groups is 1. The first kappa shape index (κ1) is 22.2. The van der Waals surface area contributed by atoms with Gasteiger partial charge in [-0.3, -0.25) is 0 Å². The number of hydrogen-bond acceptors (Lipinski definition) is 6. The van der Waals surface area contributed by atoms with Crippen LogP contribution in [0.4, 0.5) is 0 Å². The molecule has 1 unspecified atom stereocenters. The van der Waals surface area contributed by atoms with Crippen LogP contribution in [-0.2, 0) is 19.1 Å². The SMILES string of the molecule is CC=[N+](C1=C(C(=O)OCC)C(c2ccccc2)C(C(=O)OCC)=C(C)N1)N(C)C. The number of hydrazone groups is 1. The van der Waals surface area contributed by atoms with Gasteiger partial charge in [0.2, 0.25) is 0 Å². The van der Waals surface area contributed by atoms with Gasteiger partial charge in [-0.25, -0.2) is 19.9 Å². The maximum atomic E-state index is 13.1. The zero-order valence-corrected chi connectivity index (χ0v) is 18.0. The van der Waals surface area contributed by atoms with E-state index >= 15 is 0 Å². The van der Waals surface area contributed by atoms with E-state index in [-0.39, 0.29) is 13.2 Å². The molecule has 0 aromatic heterocycles. The van der Waals surface area contributed by atoms with Crippen molar-refractivity contribution in [2.75, 3.05) is 27.3 Å². The van der Waals surface area contributed by atoms with Gasteiger partial charge < -0.3 is 9.47 Å². The van der Waals surface area contributed by atoms with Crippen LogP contribution in [0.25, 0.3) is 0 Å². The van der Waals surface area contributed by atoms with E-state index in [1.54, 1.807) is 13.8 Å². The van der Waals surface area contributed by atoms with Crippen molar-refractivity contribution in [1.82, 2.24) is 10.3 Å². The molecule has 0 bridgehead atoms. The Bertz CT molecular complexity index is 854. The topological polar surface area (TPSA) is 70.9 Å². The van der Waals surface area contributed by atoms with Crippen LogP contribution in [0.2, 0.25) is 0 Å². The summed E-state index contributed by atoms with van der Waals surface area (Å²) in [7, 11) is 3.74. The van der Waals surface area contributed by atoms with Crippen LogP contribution in [0.5, 0.6) is 0 Å². The largest absolute Gasteiger partial charge is 0.462 e. The smallest absolute Gasteiger partial charge is 0.343 e. The zero-order chi connectivity index (χ0) is 21.6. The highest BCUT2D eigenvalue weighted by Gasteiger charge is 2.44. The highest BCUT2D eigenvalue weighted by Crippen LogP contribution is 2.39. The lowest BCUT2D eigenvalue weighted by Crippen LogP contribution is -2.41. The van der Waals surface area contributed by atoms with Gasteiger partial charge in [0.05, 0.1) is 30.9 Å². The van der Waals surface area contributed by atoms with Crippen LogP contribution >= 0.6 is 0 Å². The second kappa shape index (κ2) is 9.91. The second-order valence-corrected chi connectivity index (χ2v) is 6.66. The van der Waals surface area contributed by atoms with Gasteiger partial charge in [0.1, 0.15) is 11.3 Å². The van der Waals surface area contributed by atoms with Gasteiger partial charge in [-0.15, -0.1) is 4.68 Å². The number of carbonyl (C=O) groups is 2. The monoisotopic (exact) mass is 400 g/mol. The average molecular weight is 400 g/mol. The molecule has 1 N–H and O–H groups in total. The molecule has 1 aliphatic heterocycles. The third kappa shape index (κ3) is 4.67. The molecule has 1 atom stereocenters. The first-order valence-electron chi connectivity index (χ1n) is 9.74. The first-order chi connectivity index (χ1) is 13.9. The van der Waals surface area contributed by atoms with Crippen molar-refractivity contribution in [3.05, 3.63) is 58.6 Å². The van der Waals surface area contributed by atoms with E-state index in [2.05, 4.69) is 5.32 Å². The molecule has 0 fully saturated rings. The Balaban J connectivity index is 2.81. The maximum Gasteiger partial charge on any atom is 0.343 e. The van der Waals surface area contributed by atoms with Crippen LogP contribution < -0.4 is 5.32 Å². The number of ether oxygens (including phenoxy) is 2. The molecule has 0 amide bonds.